The van der Waals surface area contributed by atoms with E-state index in [0.29, 0.717) is 12.0 Å². The molecule has 1 fully saturated rings. The van der Waals surface area contributed by atoms with Gasteiger partial charge in [-0.25, -0.2) is 0 Å². The molecule has 1 aromatic carbocycles. The van der Waals surface area contributed by atoms with E-state index in [2.05, 4.69) is 5.32 Å². The van der Waals surface area contributed by atoms with E-state index < -0.39 is 17.9 Å². The van der Waals surface area contributed by atoms with Crippen LogP contribution in [0, 0.1) is 13.8 Å². The first kappa shape index (κ1) is 14.9. The molecule has 1 N–H and O–H groups in total. The van der Waals surface area contributed by atoms with Gasteiger partial charge in [-0.3, -0.25) is 29.4 Å². The zero-order chi connectivity index (χ0) is 15.6. The standard InChI is InChI=1S/C15H16N2O4/c1-9-3-4-10(2)11(7-9)15(21)17(8-18)12-5-6-13(19)16-14(12)20/h3-4,7-8,12H,5-6H2,1-2H3,(H,16,19,20). The molecule has 1 aliphatic rings. The molecule has 0 aliphatic carbocycles. The first-order valence-corrected chi connectivity index (χ1v) is 6.63. The van der Waals surface area contributed by atoms with Gasteiger partial charge in [-0.15, -0.1) is 0 Å². The Labute approximate surface area is 122 Å². The number of nitrogens with one attached hydrogen (secondary N) is 1. The number of carbonyl (C=O) groups excluding carboxylic acids is 4. The molecule has 1 unspecified atom stereocenters. The minimum Gasteiger partial charge on any atom is -0.295 e. The molecule has 1 heterocycles. The summed E-state index contributed by atoms with van der Waals surface area (Å²) in [6, 6.07) is 4.40. The molecule has 1 aliphatic heterocycles. The minimum absolute atomic E-state index is 0.112. The molecule has 0 bridgehead atoms. The third kappa shape index (κ3) is 2.99. The van der Waals surface area contributed by atoms with Crippen LogP contribution in [0.15, 0.2) is 18.2 Å². The first-order valence-electron chi connectivity index (χ1n) is 6.63. The number of rotatable bonds is 3. The topological polar surface area (TPSA) is 83.6 Å². The smallest absolute Gasteiger partial charge is 0.261 e. The highest BCUT2D eigenvalue weighted by molar-refractivity contribution is 6.07. The van der Waals surface area contributed by atoms with Gasteiger partial charge >= 0.3 is 0 Å². The minimum atomic E-state index is -0.937. The predicted molar refractivity (Wildman–Crippen MR) is 74.3 cm³/mol. The van der Waals surface area contributed by atoms with E-state index in [1.54, 1.807) is 19.1 Å². The zero-order valence-corrected chi connectivity index (χ0v) is 11.9. The second-order valence-electron chi connectivity index (χ2n) is 5.10. The lowest BCUT2D eigenvalue weighted by molar-refractivity contribution is -0.139. The summed E-state index contributed by atoms with van der Waals surface area (Å²) in [4.78, 5) is 47.6. The van der Waals surface area contributed by atoms with Gasteiger partial charge in [0.1, 0.15) is 6.04 Å². The summed E-state index contributed by atoms with van der Waals surface area (Å²) >= 11 is 0. The molecule has 1 atom stereocenters. The van der Waals surface area contributed by atoms with E-state index in [1.807, 2.05) is 13.0 Å². The van der Waals surface area contributed by atoms with Crippen molar-refractivity contribution < 1.29 is 19.2 Å². The molecule has 21 heavy (non-hydrogen) atoms. The summed E-state index contributed by atoms with van der Waals surface area (Å²) in [5, 5.41) is 2.15. The van der Waals surface area contributed by atoms with Crippen LogP contribution >= 0.6 is 0 Å². The SMILES string of the molecule is Cc1ccc(C)c(C(=O)N(C=O)C2CCC(=O)NC2=O)c1. The van der Waals surface area contributed by atoms with Gasteiger partial charge in [0.25, 0.3) is 5.91 Å². The fraction of sp³-hybridized carbons (Fsp3) is 0.333. The molecule has 0 radical (unpaired) electrons. The van der Waals surface area contributed by atoms with Crippen LogP contribution in [0.4, 0.5) is 0 Å². The number of benzene rings is 1. The van der Waals surface area contributed by atoms with Crippen molar-refractivity contribution in [3.8, 4) is 0 Å². The van der Waals surface area contributed by atoms with Crippen molar-refractivity contribution in [1.29, 1.82) is 0 Å². The molecule has 6 heteroatoms. The number of nitrogens with zero attached hydrogens (tertiary/aromatic N) is 1. The van der Waals surface area contributed by atoms with Crippen LogP contribution in [0.1, 0.15) is 34.3 Å². The number of amides is 4. The van der Waals surface area contributed by atoms with Crippen molar-refractivity contribution in [2.75, 3.05) is 0 Å². The largest absolute Gasteiger partial charge is 0.295 e. The van der Waals surface area contributed by atoms with E-state index in [-0.39, 0.29) is 18.7 Å². The highest BCUT2D eigenvalue weighted by Crippen LogP contribution is 2.17. The van der Waals surface area contributed by atoms with Gasteiger partial charge in [-0.05, 0) is 31.9 Å². The Morgan fingerprint density at radius 2 is 2.05 bits per heavy atom. The predicted octanol–water partition coefficient (Wildman–Crippen LogP) is 0.707. The molecule has 2 rings (SSSR count). The number of carbonyl (C=O) groups is 4. The molecular formula is C15H16N2O4. The Bertz CT molecular complexity index is 624. The summed E-state index contributed by atoms with van der Waals surface area (Å²) in [5.41, 5.74) is 2.00. The van der Waals surface area contributed by atoms with E-state index in [0.717, 1.165) is 16.0 Å². The summed E-state index contributed by atoms with van der Waals surface area (Å²) in [5.74, 6) is -1.53. The van der Waals surface area contributed by atoms with Gasteiger partial charge in [-0.2, -0.15) is 0 Å². The van der Waals surface area contributed by atoms with Gasteiger partial charge in [0.2, 0.25) is 18.2 Å². The normalized spacial score (nSPS) is 18.1. The maximum atomic E-state index is 12.5. The molecule has 6 nitrogen and oxygen atoms in total. The van der Waals surface area contributed by atoms with Crippen molar-refractivity contribution in [1.82, 2.24) is 10.2 Å². The average Bonchev–Trinajstić information content (AvgIpc) is 2.44. The Hall–Kier alpha value is -2.50. The van der Waals surface area contributed by atoms with Crippen LogP contribution in [0.2, 0.25) is 0 Å². The number of hydrogen-bond donors (Lipinski definition) is 1. The van der Waals surface area contributed by atoms with Crippen LogP contribution in [0.25, 0.3) is 0 Å². The van der Waals surface area contributed by atoms with Gasteiger partial charge in [0.05, 0.1) is 0 Å². The lowest BCUT2D eigenvalue weighted by atomic mass is 10.0. The van der Waals surface area contributed by atoms with Crippen molar-refractivity contribution in [2.24, 2.45) is 0 Å². The summed E-state index contributed by atoms with van der Waals surface area (Å²) in [6.07, 6.45) is 0.616. The number of aryl methyl sites for hydroxylation is 2. The Morgan fingerprint density at radius 1 is 1.33 bits per heavy atom. The molecule has 0 saturated carbocycles. The Balaban J connectivity index is 2.30. The van der Waals surface area contributed by atoms with Crippen molar-refractivity contribution in [2.45, 2.75) is 32.7 Å². The van der Waals surface area contributed by atoms with Crippen molar-refractivity contribution in [3.63, 3.8) is 0 Å². The van der Waals surface area contributed by atoms with E-state index in [9.17, 15) is 19.2 Å². The number of hydrogen-bond acceptors (Lipinski definition) is 4. The molecule has 110 valence electrons. The molecule has 0 aromatic heterocycles. The molecular weight excluding hydrogens is 272 g/mol. The first-order chi connectivity index (χ1) is 9.93. The van der Waals surface area contributed by atoms with Gasteiger partial charge in [0.15, 0.2) is 0 Å². The average molecular weight is 288 g/mol. The Morgan fingerprint density at radius 3 is 2.67 bits per heavy atom. The second-order valence-corrected chi connectivity index (χ2v) is 5.10. The lowest BCUT2D eigenvalue weighted by Gasteiger charge is -2.28. The molecule has 1 aromatic rings. The monoisotopic (exact) mass is 288 g/mol. The maximum absolute atomic E-state index is 12.5. The molecule has 0 spiro atoms. The van der Waals surface area contributed by atoms with Gasteiger partial charge in [0, 0.05) is 12.0 Å². The van der Waals surface area contributed by atoms with Gasteiger partial charge in [-0.1, -0.05) is 17.7 Å². The summed E-state index contributed by atoms with van der Waals surface area (Å²) in [6.45, 7) is 3.60. The van der Waals surface area contributed by atoms with E-state index in [4.69, 9.17) is 0 Å². The quantitative estimate of drug-likeness (QED) is 0.656. The maximum Gasteiger partial charge on any atom is 0.261 e. The Kier molecular flexibility index (Phi) is 4.16. The third-order valence-corrected chi connectivity index (χ3v) is 3.52. The fourth-order valence-electron chi connectivity index (χ4n) is 2.32. The zero-order valence-electron chi connectivity index (χ0n) is 11.9. The van der Waals surface area contributed by atoms with Crippen molar-refractivity contribution >= 4 is 24.1 Å². The van der Waals surface area contributed by atoms with Crippen LogP contribution < -0.4 is 5.32 Å². The van der Waals surface area contributed by atoms with Crippen LogP contribution in [0.3, 0.4) is 0 Å². The highest BCUT2D eigenvalue weighted by Gasteiger charge is 2.35. The summed E-state index contributed by atoms with van der Waals surface area (Å²) in [7, 11) is 0. The van der Waals surface area contributed by atoms with E-state index >= 15 is 0 Å². The van der Waals surface area contributed by atoms with Gasteiger partial charge < -0.3 is 0 Å². The van der Waals surface area contributed by atoms with E-state index in [1.165, 1.54) is 0 Å². The van der Waals surface area contributed by atoms with Crippen LogP contribution in [-0.2, 0) is 14.4 Å². The third-order valence-electron chi connectivity index (χ3n) is 3.52. The van der Waals surface area contributed by atoms with Crippen LogP contribution in [-0.4, -0.2) is 35.1 Å². The second kappa shape index (κ2) is 5.87. The number of piperidine rings is 1. The summed E-state index contributed by atoms with van der Waals surface area (Å²) < 4.78 is 0. The fourth-order valence-corrected chi connectivity index (χ4v) is 2.32. The highest BCUT2D eigenvalue weighted by atomic mass is 16.2. The lowest BCUT2D eigenvalue weighted by Crippen LogP contribution is -2.53. The molecule has 1 saturated heterocycles. The number of imide groups is 2. The molecule has 4 amide bonds. The van der Waals surface area contributed by atoms with Crippen molar-refractivity contribution in [3.05, 3.63) is 34.9 Å². The van der Waals surface area contributed by atoms with Crippen LogP contribution in [0.5, 0.6) is 0 Å².